The predicted octanol–water partition coefficient (Wildman–Crippen LogP) is 3.61. The summed E-state index contributed by atoms with van der Waals surface area (Å²) >= 11 is 0. The van der Waals surface area contributed by atoms with Gasteiger partial charge >= 0.3 is 18.3 Å². The zero-order valence-corrected chi connectivity index (χ0v) is 9.89. The van der Waals surface area contributed by atoms with E-state index in [1.807, 2.05) is 0 Å². The fraction of sp³-hybridized carbons (Fsp3) is 0.364. The van der Waals surface area contributed by atoms with E-state index in [9.17, 15) is 36.2 Å². The zero-order chi connectivity index (χ0) is 15.7. The van der Waals surface area contributed by atoms with E-state index >= 15 is 0 Å². The Labute approximate surface area is 108 Å². The van der Waals surface area contributed by atoms with E-state index in [-0.39, 0.29) is 18.7 Å². The van der Waals surface area contributed by atoms with Gasteiger partial charge < -0.3 is 9.84 Å². The van der Waals surface area contributed by atoms with Gasteiger partial charge in [0, 0.05) is 0 Å². The molecule has 0 atom stereocenters. The van der Waals surface area contributed by atoms with Crippen molar-refractivity contribution < 1.29 is 41.0 Å². The lowest BCUT2D eigenvalue weighted by molar-refractivity contribution is -0.162. The normalized spacial score (nSPS) is 12.3. The molecule has 3 nitrogen and oxygen atoms in total. The molecule has 0 fully saturated rings. The van der Waals surface area contributed by atoms with Crippen molar-refractivity contribution in [1.82, 2.24) is 0 Å². The molecular weight excluding hydrogens is 294 g/mol. The first-order valence-electron chi connectivity index (χ1n) is 5.17. The van der Waals surface area contributed by atoms with Crippen LogP contribution in [0.4, 0.5) is 26.3 Å². The number of hydrogen-bond donors (Lipinski definition) is 1. The number of esters is 1. The summed E-state index contributed by atoms with van der Waals surface area (Å²) in [5.74, 6) is -2.58. The summed E-state index contributed by atoms with van der Waals surface area (Å²) in [5, 5.41) is 9.27. The molecule has 1 aromatic rings. The number of carbonyl (C=O) groups excluding carboxylic acids is 1. The molecule has 0 amide bonds. The molecule has 20 heavy (non-hydrogen) atoms. The number of ether oxygens (including phenoxy) is 1. The number of alkyl halides is 6. The monoisotopic (exact) mass is 302 g/mol. The van der Waals surface area contributed by atoms with Crippen LogP contribution >= 0.6 is 0 Å². The van der Waals surface area contributed by atoms with Crippen molar-refractivity contribution >= 4 is 5.97 Å². The van der Waals surface area contributed by atoms with Gasteiger partial charge in [-0.1, -0.05) is 0 Å². The smallest absolute Gasteiger partial charge is 0.417 e. The highest BCUT2D eigenvalue weighted by Gasteiger charge is 2.44. The molecule has 112 valence electrons. The zero-order valence-electron chi connectivity index (χ0n) is 9.89. The van der Waals surface area contributed by atoms with Crippen molar-refractivity contribution in [2.75, 3.05) is 6.61 Å². The molecule has 0 saturated heterocycles. The number of benzene rings is 1. The van der Waals surface area contributed by atoms with Crippen molar-refractivity contribution in [3.05, 3.63) is 28.8 Å². The Morgan fingerprint density at radius 2 is 1.55 bits per heavy atom. The molecular formula is C11H8F6O3. The van der Waals surface area contributed by atoms with Crippen molar-refractivity contribution in [3.63, 3.8) is 0 Å². The fourth-order valence-electron chi connectivity index (χ4n) is 1.43. The van der Waals surface area contributed by atoms with E-state index in [1.165, 1.54) is 6.92 Å². The summed E-state index contributed by atoms with van der Waals surface area (Å²) in [6.45, 7) is 1.14. The molecule has 1 aromatic carbocycles. The Morgan fingerprint density at radius 1 is 1.10 bits per heavy atom. The molecule has 0 saturated carbocycles. The minimum Gasteiger partial charge on any atom is -0.507 e. The van der Waals surface area contributed by atoms with Gasteiger partial charge in [-0.3, -0.25) is 0 Å². The van der Waals surface area contributed by atoms with Gasteiger partial charge in [0.2, 0.25) is 0 Å². The number of rotatable bonds is 2. The first kappa shape index (κ1) is 16.1. The lowest BCUT2D eigenvalue weighted by atomic mass is 10.0. The van der Waals surface area contributed by atoms with Crippen LogP contribution in [0.1, 0.15) is 28.4 Å². The quantitative estimate of drug-likeness (QED) is 0.670. The third-order valence-corrected chi connectivity index (χ3v) is 2.24. The molecule has 1 N–H and O–H groups in total. The van der Waals surface area contributed by atoms with Crippen molar-refractivity contribution in [2.45, 2.75) is 19.3 Å². The fourth-order valence-corrected chi connectivity index (χ4v) is 1.43. The maximum Gasteiger partial charge on any atom is 0.417 e. The second kappa shape index (κ2) is 5.22. The standard InChI is InChI=1S/C11H8F6O3/c1-2-20-9(19)5-3-6(10(12,13)14)7(4-8(5)18)11(15,16)17/h3-4,18H,2H2,1H3. The van der Waals surface area contributed by atoms with Crippen LogP contribution in [-0.4, -0.2) is 17.7 Å². The second-order valence-electron chi connectivity index (χ2n) is 3.63. The third kappa shape index (κ3) is 3.34. The molecule has 0 aromatic heterocycles. The number of hydrogen-bond acceptors (Lipinski definition) is 3. The molecule has 9 heteroatoms. The third-order valence-electron chi connectivity index (χ3n) is 2.24. The lowest BCUT2D eigenvalue weighted by Gasteiger charge is -2.17. The number of carbonyl (C=O) groups is 1. The SMILES string of the molecule is CCOC(=O)c1cc(C(F)(F)F)c(C(F)(F)F)cc1O. The van der Waals surface area contributed by atoms with Crippen molar-refractivity contribution in [1.29, 1.82) is 0 Å². The molecule has 0 unspecified atom stereocenters. The number of halogens is 6. The topological polar surface area (TPSA) is 46.5 Å². The van der Waals surface area contributed by atoms with Crippen LogP contribution in [0, 0.1) is 0 Å². The molecule has 1 rings (SSSR count). The lowest BCUT2D eigenvalue weighted by Crippen LogP contribution is -2.18. The number of phenolic OH excluding ortho intramolecular Hbond substituents is 1. The van der Waals surface area contributed by atoms with Gasteiger partial charge in [0.05, 0.1) is 17.7 Å². The van der Waals surface area contributed by atoms with E-state index in [1.54, 1.807) is 0 Å². The van der Waals surface area contributed by atoms with Crippen LogP contribution in [0.3, 0.4) is 0 Å². The predicted molar refractivity (Wildman–Crippen MR) is 54.1 cm³/mol. The largest absolute Gasteiger partial charge is 0.507 e. The van der Waals surface area contributed by atoms with Crippen molar-refractivity contribution in [3.8, 4) is 5.75 Å². The summed E-state index contributed by atoms with van der Waals surface area (Å²) in [6.07, 6.45) is -10.7. The average Bonchev–Trinajstić information content (AvgIpc) is 2.25. The molecule has 0 spiro atoms. The summed E-state index contributed by atoms with van der Waals surface area (Å²) in [6, 6.07) is -0.217. The minimum absolute atomic E-state index is 0.0733. The summed E-state index contributed by atoms with van der Waals surface area (Å²) < 4.78 is 79.7. The summed E-state index contributed by atoms with van der Waals surface area (Å²) in [5.41, 5.74) is -5.12. The first-order valence-corrected chi connectivity index (χ1v) is 5.17. The highest BCUT2D eigenvalue weighted by molar-refractivity contribution is 5.92. The molecule has 0 heterocycles. The van der Waals surface area contributed by atoms with Crippen LogP contribution in [-0.2, 0) is 17.1 Å². The Kier molecular flexibility index (Phi) is 4.21. The van der Waals surface area contributed by atoms with Gasteiger partial charge in [0.15, 0.2) is 0 Å². The Balaban J connectivity index is 3.53. The van der Waals surface area contributed by atoms with Crippen LogP contribution < -0.4 is 0 Å². The minimum atomic E-state index is -5.33. The molecule has 0 bridgehead atoms. The second-order valence-corrected chi connectivity index (χ2v) is 3.63. The molecule has 0 aliphatic carbocycles. The maximum absolute atomic E-state index is 12.6. The van der Waals surface area contributed by atoms with Crippen LogP contribution in [0.15, 0.2) is 12.1 Å². The van der Waals surface area contributed by atoms with Crippen molar-refractivity contribution in [2.24, 2.45) is 0 Å². The van der Waals surface area contributed by atoms with Gasteiger partial charge in [0.25, 0.3) is 0 Å². The highest BCUT2D eigenvalue weighted by Crippen LogP contribution is 2.42. The van der Waals surface area contributed by atoms with Crippen LogP contribution in [0.5, 0.6) is 5.75 Å². The van der Waals surface area contributed by atoms with Gasteiger partial charge in [-0.2, -0.15) is 26.3 Å². The molecule has 0 aliphatic heterocycles. The Hall–Kier alpha value is -1.93. The van der Waals surface area contributed by atoms with E-state index in [0.29, 0.717) is 0 Å². The maximum atomic E-state index is 12.6. The van der Waals surface area contributed by atoms with Crippen LogP contribution in [0.25, 0.3) is 0 Å². The summed E-state index contributed by atoms with van der Waals surface area (Å²) in [4.78, 5) is 11.3. The molecule has 0 radical (unpaired) electrons. The van der Waals surface area contributed by atoms with Gasteiger partial charge in [-0.15, -0.1) is 0 Å². The van der Waals surface area contributed by atoms with E-state index in [2.05, 4.69) is 4.74 Å². The van der Waals surface area contributed by atoms with E-state index in [0.717, 1.165) is 0 Å². The van der Waals surface area contributed by atoms with Gasteiger partial charge in [0.1, 0.15) is 11.3 Å². The van der Waals surface area contributed by atoms with E-state index < -0.39 is 40.8 Å². The molecule has 0 aliphatic rings. The van der Waals surface area contributed by atoms with Gasteiger partial charge in [-0.25, -0.2) is 4.79 Å². The van der Waals surface area contributed by atoms with Gasteiger partial charge in [-0.05, 0) is 19.1 Å². The highest BCUT2D eigenvalue weighted by atomic mass is 19.4. The number of phenols is 1. The Bertz CT molecular complexity index is 518. The summed E-state index contributed by atoms with van der Waals surface area (Å²) in [7, 11) is 0. The average molecular weight is 302 g/mol. The number of aromatic hydroxyl groups is 1. The Morgan fingerprint density at radius 3 is 1.95 bits per heavy atom. The van der Waals surface area contributed by atoms with Crippen LogP contribution in [0.2, 0.25) is 0 Å². The first-order chi connectivity index (χ1) is 8.98. The van der Waals surface area contributed by atoms with E-state index in [4.69, 9.17) is 0 Å².